The van der Waals surface area contributed by atoms with E-state index in [1.165, 1.54) is 5.56 Å². The van der Waals surface area contributed by atoms with Gasteiger partial charge in [0.1, 0.15) is 0 Å². The van der Waals surface area contributed by atoms with E-state index in [9.17, 15) is 5.11 Å². The minimum Gasteiger partial charge on any atom is -0.396 e. The van der Waals surface area contributed by atoms with Gasteiger partial charge in [-0.15, -0.1) is 0 Å². The van der Waals surface area contributed by atoms with Crippen molar-refractivity contribution in [3.05, 3.63) is 35.9 Å². The highest BCUT2D eigenvalue weighted by atomic mass is 16.3. The maximum atomic E-state index is 9.40. The molecule has 82 valence electrons. The molecule has 1 fully saturated rings. The molecule has 0 amide bonds. The zero-order valence-corrected chi connectivity index (χ0v) is 9.77. The SMILES string of the molecule is C[C@@H](c1ccccc1)[C@@H]1[C@H](C)[C@@]1(C)CO. The molecule has 2 rings (SSSR count). The molecule has 0 radical (unpaired) electrons. The van der Waals surface area contributed by atoms with Gasteiger partial charge >= 0.3 is 0 Å². The summed E-state index contributed by atoms with van der Waals surface area (Å²) >= 11 is 0. The third-order valence-electron chi connectivity index (χ3n) is 4.44. The molecule has 1 saturated carbocycles. The molecule has 1 nitrogen and oxygen atoms in total. The Morgan fingerprint density at radius 1 is 1.33 bits per heavy atom. The van der Waals surface area contributed by atoms with Gasteiger partial charge in [0, 0.05) is 6.61 Å². The summed E-state index contributed by atoms with van der Waals surface area (Å²) in [7, 11) is 0. The Morgan fingerprint density at radius 2 is 1.93 bits per heavy atom. The van der Waals surface area contributed by atoms with Crippen molar-refractivity contribution in [3.63, 3.8) is 0 Å². The van der Waals surface area contributed by atoms with E-state index in [2.05, 4.69) is 51.1 Å². The maximum Gasteiger partial charge on any atom is 0.0490 e. The zero-order valence-electron chi connectivity index (χ0n) is 9.77. The van der Waals surface area contributed by atoms with Gasteiger partial charge in [-0.1, -0.05) is 51.1 Å². The fraction of sp³-hybridized carbons (Fsp3) is 0.571. The summed E-state index contributed by atoms with van der Waals surface area (Å²) in [6.07, 6.45) is 0. The van der Waals surface area contributed by atoms with Crippen molar-refractivity contribution in [3.8, 4) is 0 Å². The van der Waals surface area contributed by atoms with Gasteiger partial charge in [0.15, 0.2) is 0 Å². The third-order valence-corrected chi connectivity index (χ3v) is 4.44. The molecule has 4 atom stereocenters. The van der Waals surface area contributed by atoms with Gasteiger partial charge in [-0.2, -0.15) is 0 Å². The Kier molecular flexibility index (Phi) is 2.59. The Labute approximate surface area is 92.1 Å². The van der Waals surface area contributed by atoms with Crippen molar-refractivity contribution in [1.29, 1.82) is 0 Å². The molecule has 0 saturated heterocycles. The van der Waals surface area contributed by atoms with Gasteiger partial charge < -0.3 is 5.11 Å². The molecule has 1 N–H and O–H groups in total. The van der Waals surface area contributed by atoms with Crippen molar-refractivity contribution < 1.29 is 5.11 Å². The van der Waals surface area contributed by atoms with Crippen LogP contribution in [0.3, 0.4) is 0 Å². The number of rotatable bonds is 3. The largest absolute Gasteiger partial charge is 0.396 e. The molecule has 0 aliphatic heterocycles. The van der Waals surface area contributed by atoms with E-state index < -0.39 is 0 Å². The normalized spacial score (nSPS) is 36.3. The molecule has 0 spiro atoms. The number of hydrogen-bond donors (Lipinski definition) is 1. The van der Waals surface area contributed by atoms with Gasteiger partial charge in [-0.3, -0.25) is 0 Å². The highest BCUT2D eigenvalue weighted by Gasteiger charge is 2.59. The first-order valence-electron chi connectivity index (χ1n) is 5.77. The fourth-order valence-electron chi connectivity index (χ4n) is 3.06. The van der Waals surface area contributed by atoms with Gasteiger partial charge in [0.05, 0.1) is 0 Å². The second kappa shape index (κ2) is 3.64. The van der Waals surface area contributed by atoms with E-state index >= 15 is 0 Å². The molecule has 0 unspecified atom stereocenters. The molecule has 0 bridgehead atoms. The molecule has 1 aliphatic rings. The number of aliphatic hydroxyl groups is 1. The van der Waals surface area contributed by atoms with E-state index in [0.717, 1.165) is 0 Å². The quantitative estimate of drug-likeness (QED) is 0.802. The van der Waals surface area contributed by atoms with Crippen LogP contribution in [0, 0.1) is 17.3 Å². The van der Waals surface area contributed by atoms with Crippen LogP contribution in [0.2, 0.25) is 0 Å². The summed E-state index contributed by atoms with van der Waals surface area (Å²) in [6.45, 7) is 7.04. The third kappa shape index (κ3) is 1.59. The first-order chi connectivity index (χ1) is 7.11. The van der Waals surface area contributed by atoms with Crippen molar-refractivity contribution in [2.45, 2.75) is 26.7 Å². The van der Waals surface area contributed by atoms with E-state index in [0.29, 0.717) is 24.4 Å². The maximum absolute atomic E-state index is 9.40. The van der Waals surface area contributed by atoms with Crippen LogP contribution in [0.25, 0.3) is 0 Å². The van der Waals surface area contributed by atoms with Crippen molar-refractivity contribution in [2.24, 2.45) is 17.3 Å². The number of hydrogen-bond acceptors (Lipinski definition) is 1. The molecule has 0 aromatic heterocycles. The van der Waals surface area contributed by atoms with Crippen LogP contribution in [-0.2, 0) is 0 Å². The molecule has 1 heteroatoms. The second-order valence-corrected chi connectivity index (χ2v) is 5.18. The van der Waals surface area contributed by atoms with Crippen LogP contribution in [0.15, 0.2) is 30.3 Å². The summed E-state index contributed by atoms with van der Waals surface area (Å²) in [4.78, 5) is 0. The molecule has 1 aromatic rings. The Bertz CT molecular complexity index is 332. The molecule has 0 heterocycles. The molecular formula is C14H20O. The van der Waals surface area contributed by atoms with E-state index in [1.807, 2.05) is 0 Å². The monoisotopic (exact) mass is 204 g/mol. The predicted molar refractivity (Wildman–Crippen MR) is 62.7 cm³/mol. The van der Waals surface area contributed by atoms with E-state index in [-0.39, 0.29) is 5.41 Å². The molecule has 1 aromatic carbocycles. The Balaban J connectivity index is 2.15. The topological polar surface area (TPSA) is 20.2 Å². The first kappa shape index (κ1) is 10.7. The smallest absolute Gasteiger partial charge is 0.0490 e. The summed E-state index contributed by atoms with van der Waals surface area (Å²) in [5, 5.41) is 9.40. The minimum absolute atomic E-state index is 0.148. The predicted octanol–water partition coefficient (Wildman–Crippen LogP) is 3.05. The van der Waals surface area contributed by atoms with Crippen molar-refractivity contribution in [2.75, 3.05) is 6.61 Å². The lowest BCUT2D eigenvalue weighted by Crippen LogP contribution is -2.08. The van der Waals surface area contributed by atoms with Gasteiger partial charge in [-0.05, 0) is 28.7 Å². The summed E-state index contributed by atoms with van der Waals surface area (Å²) < 4.78 is 0. The lowest BCUT2D eigenvalue weighted by Gasteiger charge is -2.14. The highest BCUT2D eigenvalue weighted by Crippen LogP contribution is 2.63. The van der Waals surface area contributed by atoms with E-state index in [1.54, 1.807) is 0 Å². The lowest BCUT2D eigenvalue weighted by atomic mass is 9.91. The molecular weight excluding hydrogens is 184 g/mol. The van der Waals surface area contributed by atoms with Crippen LogP contribution in [0.4, 0.5) is 0 Å². The van der Waals surface area contributed by atoms with Gasteiger partial charge in [0.2, 0.25) is 0 Å². The second-order valence-electron chi connectivity index (χ2n) is 5.18. The van der Waals surface area contributed by atoms with Crippen LogP contribution in [0.5, 0.6) is 0 Å². The minimum atomic E-state index is 0.148. The Morgan fingerprint density at radius 3 is 2.40 bits per heavy atom. The Hall–Kier alpha value is -0.820. The van der Waals surface area contributed by atoms with E-state index in [4.69, 9.17) is 0 Å². The van der Waals surface area contributed by atoms with Crippen LogP contribution < -0.4 is 0 Å². The summed E-state index contributed by atoms with van der Waals surface area (Å²) in [5.74, 6) is 1.82. The van der Waals surface area contributed by atoms with Crippen molar-refractivity contribution >= 4 is 0 Å². The fourth-order valence-corrected chi connectivity index (χ4v) is 3.06. The molecule has 1 aliphatic carbocycles. The number of benzene rings is 1. The van der Waals surface area contributed by atoms with Gasteiger partial charge in [-0.25, -0.2) is 0 Å². The van der Waals surface area contributed by atoms with Crippen LogP contribution in [0.1, 0.15) is 32.3 Å². The van der Waals surface area contributed by atoms with Crippen LogP contribution in [-0.4, -0.2) is 11.7 Å². The lowest BCUT2D eigenvalue weighted by molar-refractivity contribution is 0.201. The average Bonchev–Trinajstić information content (AvgIpc) is 2.83. The van der Waals surface area contributed by atoms with Gasteiger partial charge in [0.25, 0.3) is 0 Å². The van der Waals surface area contributed by atoms with Crippen LogP contribution >= 0.6 is 0 Å². The summed E-state index contributed by atoms with van der Waals surface area (Å²) in [6, 6.07) is 10.6. The highest BCUT2D eigenvalue weighted by molar-refractivity contribution is 5.24. The number of aliphatic hydroxyl groups excluding tert-OH is 1. The zero-order chi connectivity index (χ0) is 11.1. The summed E-state index contributed by atoms with van der Waals surface area (Å²) in [5.41, 5.74) is 1.54. The standard InChI is InChI=1S/C14H20O/c1-10(12-7-5-4-6-8-12)13-11(2)14(13,3)9-15/h4-8,10-11,13,15H,9H2,1-3H3/t10-,11-,13+,14+/m0/s1. The first-order valence-corrected chi connectivity index (χ1v) is 5.77. The van der Waals surface area contributed by atoms with Crippen molar-refractivity contribution in [1.82, 2.24) is 0 Å². The average molecular weight is 204 g/mol. The molecule has 15 heavy (non-hydrogen) atoms.